The van der Waals surface area contributed by atoms with Gasteiger partial charge in [-0.15, -0.1) is 0 Å². The number of halogens is 1. The highest BCUT2D eigenvalue weighted by Gasteiger charge is 2.16. The summed E-state index contributed by atoms with van der Waals surface area (Å²) in [6.07, 6.45) is 1.49. The van der Waals surface area contributed by atoms with Crippen molar-refractivity contribution >= 4 is 14.0 Å². The Labute approximate surface area is 145 Å². The van der Waals surface area contributed by atoms with E-state index in [0.717, 1.165) is 12.1 Å². The summed E-state index contributed by atoms with van der Waals surface area (Å²) in [6, 6.07) is 2.99. The molecule has 0 atom stereocenters. The molecule has 0 radical (unpaired) electrons. The first-order valence-electron chi connectivity index (χ1n) is 7.84. The third-order valence-electron chi connectivity index (χ3n) is 3.72. The van der Waals surface area contributed by atoms with Crippen LogP contribution in [0.15, 0.2) is 23.1 Å². The minimum Gasteiger partial charge on any atom is -0.478 e. The molecular weight excluding hydrogens is 345 g/mol. The van der Waals surface area contributed by atoms with Crippen LogP contribution in [0.3, 0.4) is 0 Å². The van der Waals surface area contributed by atoms with Crippen LogP contribution in [-0.2, 0) is 18.5 Å². The van der Waals surface area contributed by atoms with Crippen LogP contribution in [0.5, 0.6) is 0 Å². The highest BCUT2D eigenvalue weighted by Crippen LogP contribution is 2.16. The maximum Gasteiger partial charge on any atom is 0.335 e. The van der Waals surface area contributed by atoms with Gasteiger partial charge in [-0.05, 0) is 12.1 Å². The number of carboxylic acid groups (broad SMARTS) is 1. The fraction of sp³-hybridized carbons (Fsp3) is 0.438. The zero-order valence-electron chi connectivity index (χ0n) is 14.7. The second-order valence-electron chi connectivity index (χ2n) is 7.03. The van der Waals surface area contributed by atoms with Gasteiger partial charge in [-0.1, -0.05) is 19.6 Å². The summed E-state index contributed by atoms with van der Waals surface area (Å²) in [4.78, 5) is 27.0. The second-order valence-corrected chi connectivity index (χ2v) is 12.6. The van der Waals surface area contributed by atoms with Gasteiger partial charge in [-0.25, -0.2) is 9.78 Å². The molecule has 0 aliphatic heterocycles. The van der Waals surface area contributed by atoms with E-state index in [2.05, 4.69) is 24.6 Å². The van der Waals surface area contributed by atoms with Crippen molar-refractivity contribution < 1.29 is 19.0 Å². The van der Waals surface area contributed by atoms with E-state index in [1.807, 2.05) is 0 Å². The van der Waals surface area contributed by atoms with Gasteiger partial charge in [-0.2, -0.15) is 4.39 Å². The molecule has 0 unspecified atom stereocenters. The molecule has 0 aliphatic carbocycles. The van der Waals surface area contributed by atoms with Crippen molar-refractivity contribution in [2.45, 2.75) is 32.4 Å². The Morgan fingerprint density at radius 2 is 2.04 bits per heavy atom. The molecule has 2 heterocycles. The predicted octanol–water partition coefficient (Wildman–Crippen LogP) is 2.40. The average Bonchev–Trinajstić information content (AvgIpc) is 2.78. The minimum atomic E-state index is -1.28. The van der Waals surface area contributed by atoms with Crippen molar-refractivity contribution in [1.29, 1.82) is 0 Å². The van der Waals surface area contributed by atoms with Gasteiger partial charge in [0.1, 0.15) is 6.73 Å². The Morgan fingerprint density at radius 1 is 1.36 bits per heavy atom. The summed E-state index contributed by atoms with van der Waals surface area (Å²) in [6.45, 7) is 7.51. The van der Waals surface area contributed by atoms with Gasteiger partial charge >= 0.3 is 5.97 Å². The van der Waals surface area contributed by atoms with Gasteiger partial charge in [0, 0.05) is 34.0 Å². The van der Waals surface area contributed by atoms with E-state index >= 15 is 0 Å². The number of carbonyl (C=O) groups is 1. The zero-order chi connectivity index (χ0) is 18.8. The maximum atomic E-state index is 13.6. The topological polar surface area (TPSA) is 86.4 Å². The Balaban J connectivity index is 2.24. The lowest BCUT2D eigenvalue weighted by Crippen LogP contribution is -2.24. The van der Waals surface area contributed by atoms with Crippen LogP contribution >= 0.6 is 0 Å². The predicted molar refractivity (Wildman–Crippen MR) is 93.9 cm³/mol. The standard InChI is InChI=1S/C16H22FN3O4Si/c1-19-15(21)12(9-20(19)10-24-5-6-25(2,3)4)13-7-11(16(22)23)8-14(17)18-13/h7-9H,5-6,10H2,1-4H3,(H,22,23). The Morgan fingerprint density at radius 3 is 2.64 bits per heavy atom. The molecule has 0 aliphatic rings. The first kappa shape index (κ1) is 19.1. The SMILES string of the molecule is Cn1c(=O)c(-c2cc(C(=O)O)cc(F)n2)cn1COCC[Si](C)(C)C. The van der Waals surface area contributed by atoms with Crippen molar-refractivity contribution in [1.82, 2.24) is 14.3 Å². The van der Waals surface area contributed by atoms with E-state index in [4.69, 9.17) is 9.84 Å². The smallest absolute Gasteiger partial charge is 0.335 e. The molecule has 0 bridgehead atoms. The molecule has 0 fully saturated rings. The molecule has 2 aromatic rings. The van der Waals surface area contributed by atoms with Gasteiger partial charge in [-0.3, -0.25) is 14.2 Å². The van der Waals surface area contributed by atoms with Gasteiger partial charge in [0.25, 0.3) is 5.56 Å². The van der Waals surface area contributed by atoms with E-state index in [9.17, 15) is 14.0 Å². The van der Waals surface area contributed by atoms with Crippen LogP contribution in [0.25, 0.3) is 11.3 Å². The van der Waals surface area contributed by atoms with Crippen molar-refractivity contribution in [3.05, 3.63) is 40.2 Å². The third kappa shape index (κ3) is 4.86. The van der Waals surface area contributed by atoms with Gasteiger partial charge in [0.2, 0.25) is 5.95 Å². The highest BCUT2D eigenvalue weighted by atomic mass is 28.3. The summed E-state index contributed by atoms with van der Waals surface area (Å²) in [5.41, 5.74) is -0.552. The number of nitrogens with zero attached hydrogens (tertiary/aromatic N) is 3. The number of aromatic nitrogens is 3. The molecule has 0 saturated heterocycles. The van der Waals surface area contributed by atoms with Gasteiger partial charge < -0.3 is 9.84 Å². The lowest BCUT2D eigenvalue weighted by atomic mass is 10.1. The lowest BCUT2D eigenvalue weighted by molar-refractivity contribution is 0.0694. The van der Waals surface area contributed by atoms with Crippen LogP contribution < -0.4 is 5.56 Å². The summed E-state index contributed by atoms with van der Waals surface area (Å²) in [5, 5.41) is 9.02. The van der Waals surface area contributed by atoms with Gasteiger partial charge in [0.05, 0.1) is 16.8 Å². The number of hydrogen-bond donors (Lipinski definition) is 1. The third-order valence-corrected chi connectivity index (χ3v) is 5.43. The van der Waals surface area contributed by atoms with E-state index in [0.29, 0.717) is 6.61 Å². The van der Waals surface area contributed by atoms with E-state index in [1.54, 1.807) is 11.7 Å². The average molecular weight is 367 g/mol. The molecule has 0 aromatic carbocycles. The fourth-order valence-corrected chi connectivity index (χ4v) is 2.93. The molecular formula is C16H22FN3O4Si. The molecule has 2 aromatic heterocycles. The van der Waals surface area contributed by atoms with Crippen LogP contribution in [0.4, 0.5) is 4.39 Å². The van der Waals surface area contributed by atoms with Crippen LogP contribution in [0, 0.1) is 5.95 Å². The number of hydrogen-bond acceptors (Lipinski definition) is 4. The monoisotopic (exact) mass is 367 g/mol. The summed E-state index contributed by atoms with van der Waals surface area (Å²) in [5.74, 6) is -2.23. The summed E-state index contributed by atoms with van der Waals surface area (Å²) >= 11 is 0. The Bertz CT molecular complexity index is 839. The number of carboxylic acids is 1. The molecule has 9 heteroatoms. The van der Waals surface area contributed by atoms with E-state index in [1.165, 1.54) is 16.9 Å². The van der Waals surface area contributed by atoms with Crippen molar-refractivity contribution in [2.24, 2.45) is 7.05 Å². The number of rotatable bonds is 7. The number of ether oxygens (including phenoxy) is 1. The molecule has 0 amide bonds. The Kier molecular flexibility index (Phi) is 5.58. The Hall–Kier alpha value is -2.26. The first-order chi connectivity index (χ1) is 11.6. The zero-order valence-corrected chi connectivity index (χ0v) is 15.7. The lowest BCUT2D eigenvalue weighted by Gasteiger charge is -2.16. The number of pyridine rings is 1. The fourth-order valence-electron chi connectivity index (χ4n) is 2.18. The quantitative estimate of drug-likeness (QED) is 0.461. The molecule has 7 nitrogen and oxygen atoms in total. The molecule has 1 N–H and O–H groups in total. The maximum absolute atomic E-state index is 13.6. The van der Waals surface area contributed by atoms with Crippen LogP contribution in [-0.4, -0.2) is 40.1 Å². The van der Waals surface area contributed by atoms with Crippen LogP contribution in [0.1, 0.15) is 10.4 Å². The number of aromatic carboxylic acids is 1. The largest absolute Gasteiger partial charge is 0.478 e. The van der Waals surface area contributed by atoms with Crippen molar-refractivity contribution in [3.63, 3.8) is 0 Å². The molecule has 0 saturated carbocycles. The molecule has 2 rings (SSSR count). The van der Waals surface area contributed by atoms with Crippen molar-refractivity contribution in [2.75, 3.05) is 6.61 Å². The molecule has 0 spiro atoms. The normalized spacial score (nSPS) is 11.7. The summed E-state index contributed by atoms with van der Waals surface area (Å²) in [7, 11) is 0.360. The van der Waals surface area contributed by atoms with Crippen LogP contribution in [0.2, 0.25) is 25.7 Å². The van der Waals surface area contributed by atoms with Crippen molar-refractivity contribution in [3.8, 4) is 11.3 Å². The van der Waals surface area contributed by atoms with E-state index in [-0.39, 0.29) is 23.6 Å². The first-order valence-corrected chi connectivity index (χ1v) is 11.5. The minimum absolute atomic E-state index is 0.0150. The van der Waals surface area contributed by atoms with E-state index < -0.39 is 25.6 Å². The summed E-state index contributed by atoms with van der Waals surface area (Å²) < 4.78 is 22.1. The molecule has 136 valence electrons. The molecule has 25 heavy (non-hydrogen) atoms. The van der Waals surface area contributed by atoms with Gasteiger partial charge in [0.15, 0.2) is 0 Å². The second kappa shape index (κ2) is 7.32. The highest BCUT2D eigenvalue weighted by molar-refractivity contribution is 6.76.